The first-order chi connectivity index (χ1) is 7.26. The number of hydrogen-bond donors (Lipinski definition) is 1. The second-order valence-electron chi connectivity index (χ2n) is 3.99. The van der Waals surface area contributed by atoms with Crippen molar-refractivity contribution >= 4 is 5.91 Å². The van der Waals surface area contributed by atoms with Crippen LogP contribution in [0.3, 0.4) is 0 Å². The van der Waals surface area contributed by atoms with Gasteiger partial charge in [-0.2, -0.15) is 0 Å². The molecule has 1 aliphatic rings. The van der Waals surface area contributed by atoms with Crippen LogP contribution in [0.4, 0.5) is 0 Å². The molecule has 0 unspecified atom stereocenters. The number of carbonyl (C=O) groups excluding carboxylic acids is 1. The van der Waals surface area contributed by atoms with Crippen molar-refractivity contribution in [3.8, 4) is 0 Å². The highest BCUT2D eigenvalue weighted by Crippen LogP contribution is 2.07. The standard InChI is InChI=1S/C11H22N2O2/c1-3-5-12-11(14)9-13-6-7-15-10(4-2)8-13/h10H,3-9H2,1-2H3,(H,12,14)/t10-/m1/s1. The Morgan fingerprint density at radius 2 is 2.33 bits per heavy atom. The molecule has 1 aliphatic heterocycles. The molecule has 15 heavy (non-hydrogen) atoms. The Labute approximate surface area is 92.0 Å². The van der Waals surface area contributed by atoms with Crippen LogP contribution in [0.15, 0.2) is 0 Å². The minimum atomic E-state index is 0.133. The van der Waals surface area contributed by atoms with Crippen LogP contribution in [0, 0.1) is 0 Å². The van der Waals surface area contributed by atoms with E-state index in [1.54, 1.807) is 0 Å². The molecule has 0 aromatic heterocycles. The third-order valence-corrected chi connectivity index (χ3v) is 2.62. The van der Waals surface area contributed by atoms with Crippen LogP contribution in [0.5, 0.6) is 0 Å². The van der Waals surface area contributed by atoms with Gasteiger partial charge in [0.1, 0.15) is 0 Å². The molecule has 88 valence electrons. The Morgan fingerprint density at radius 1 is 1.53 bits per heavy atom. The van der Waals surface area contributed by atoms with Crippen LogP contribution in [0.1, 0.15) is 26.7 Å². The van der Waals surface area contributed by atoms with E-state index >= 15 is 0 Å². The fourth-order valence-corrected chi connectivity index (χ4v) is 1.69. The summed E-state index contributed by atoms with van der Waals surface area (Å²) in [5.41, 5.74) is 0. The molecule has 4 heteroatoms. The van der Waals surface area contributed by atoms with Gasteiger partial charge < -0.3 is 10.1 Å². The highest BCUT2D eigenvalue weighted by Gasteiger charge is 2.20. The van der Waals surface area contributed by atoms with E-state index in [0.717, 1.165) is 39.1 Å². The molecular formula is C11H22N2O2. The third-order valence-electron chi connectivity index (χ3n) is 2.62. The lowest BCUT2D eigenvalue weighted by atomic mass is 10.2. The number of rotatable bonds is 5. The summed E-state index contributed by atoms with van der Waals surface area (Å²) in [5.74, 6) is 0.133. The zero-order valence-electron chi connectivity index (χ0n) is 9.79. The Morgan fingerprint density at radius 3 is 3.00 bits per heavy atom. The van der Waals surface area contributed by atoms with Gasteiger partial charge >= 0.3 is 0 Å². The Kier molecular flexibility index (Phi) is 5.65. The summed E-state index contributed by atoms with van der Waals surface area (Å²) in [7, 11) is 0. The van der Waals surface area contributed by atoms with Crippen molar-refractivity contribution in [1.29, 1.82) is 0 Å². The second-order valence-corrected chi connectivity index (χ2v) is 3.99. The second kappa shape index (κ2) is 6.80. The molecule has 4 nitrogen and oxygen atoms in total. The lowest BCUT2D eigenvalue weighted by Gasteiger charge is -2.31. The van der Waals surface area contributed by atoms with Crippen molar-refractivity contribution < 1.29 is 9.53 Å². The fourth-order valence-electron chi connectivity index (χ4n) is 1.69. The summed E-state index contributed by atoms with van der Waals surface area (Å²) in [6.45, 7) is 7.97. The summed E-state index contributed by atoms with van der Waals surface area (Å²) < 4.78 is 5.55. The van der Waals surface area contributed by atoms with Crippen molar-refractivity contribution in [3.63, 3.8) is 0 Å². The Hall–Kier alpha value is -0.610. The number of ether oxygens (including phenoxy) is 1. The van der Waals surface area contributed by atoms with Crippen molar-refractivity contribution in [3.05, 3.63) is 0 Å². The molecule has 1 N–H and O–H groups in total. The van der Waals surface area contributed by atoms with Gasteiger partial charge in [0.25, 0.3) is 0 Å². The smallest absolute Gasteiger partial charge is 0.234 e. The Balaban J connectivity index is 2.22. The number of nitrogens with one attached hydrogen (secondary N) is 1. The van der Waals surface area contributed by atoms with Crippen LogP contribution >= 0.6 is 0 Å². The van der Waals surface area contributed by atoms with Crippen molar-refractivity contribution in [2.45, 2.75) is 32.8 Å². The largest absolute Gasteiger partial charge is 0.376 e. The molecule has 0 saturated carbocycles. The molecule has 1 rings (SSSR count). The maximum Gasteiger partial charge on any atom is 0.234 e. The van der Waals surface area contributed by atoms with Gasteiger partial charge in [-0.1, -0.05) is 13.8 Å². The number of amides is 1. The predicted molar refractivity (Wildman–Crippen MR) is 59.8 cm³/mol. The van der Waals surface area contributed by atoms with Crippen LogP contribution in [0.25, 0.3) is 0 Å². The molecule has 1 amide bonds. The highest BCUT2D eigenvalue weighted by molar-refractivity contribution is 5.77. The molecule has 0 aromatic rings. The van der Waals surface area contributed by atoms with Gasteiger partial charge in [0.15, 0.2) is 0 Å². The van der Waals surface area contributed by atoms with E-state index in [1.165, 1.54) is 0 Å². The summed E-state index contributed by atoms with van der Waals surface area (Å²) in [5, 5.41) is 2.89. The third kappa shape index (κ3) is 4.62. The first-order valence-corrected chi connectivity index (χ1v) is 5.87. The van der Waals surface area contributed by atoms with Gasteiger partial charge in [0.2, 0.25) is 5.91 Å². The molecule has 0 aliphatic carbocycles. The number of morpholine rings is 1. The van der Waals surface area contributed by atoms with Crippen molar-refractivity contribution in [2.75, 3.05) is 32.8 Å². The maximum absolute atomic E-state index is 11.5. The van der Waals surface area contributed by atoms with E-state index in [4.69, 9.17) is 4.74 Å². The first kappa shape index (κ1) is 12.5. The molecule has 0 aromatic carbocycles. The van der Waals surface area contributed by atoms with Gasteiger partial charge in [-0.15, -0.1) is 0 Å². The minimum Gasteiger partial charge on any atom is -0.376 e. The quantitative estimate of drug-likeness (QED) is 0.729. The SMILES string of the molecule is CCCNC(=O)CN1CCO[C@H](CC)C1. The minimum absolute atomic E-state index is 0.133. The van der Waals surface area contributed by atoms with Gasteiger partial charge in [0, 0.05) is 19.6 Å². The molecule has 1 heterocycles. The molecule has 0 radical (unpaired) electrons. The topological polar surface area (TPSA) is 41.6 Å². The van der Waals surface area contributed by atoms with E-state index in [1.807, 2.05) is 0 Å². The van der Waals surface area contributed by atoms with Crippen LogP contribution in [-0.2, 0) is 9.53 Å². The average Bonchev–Trinajstić information content (AvgIpc) is 2.26. The van der Waals surface area contributed by atoms with E-state index in [9.17, 15) is 4.79 Å². The number of carbonyl (C=O) groups is 1. The van der Waals surface area contributed by atoms with E-state index in [0.29, 0.717) is 12.6 Å². The predicted octanol–water partition coefficient (Wildman–Crippen LogP) is 0.623. The highest BCUT2D eigenvalue weighted by atomic mass is 16.5. The summed E-state index contributed by atoms with van der Waals surface area (Å²) in [6, 6.07) is 0. The average molecular weight is 214 g/mol. The zero-order chi connectivity index (χ0) is 11.1. The molecule has 0 bridgehead atoms. The van der Waals surface area contributed by atoms with Crippen LogP contribution < -0.4 is 5.32 Å². The van der Waals surface area contributed by atoms with Crippen LogP contribution in [0.2, 0.25) is 0 Å². The lowest BCUT2D eigenvalue weighted by Crippen LogP contribution is -2.46. The van der Waals surface area contributed by atoms with E-state index in [-0.39, 0.29) is 5.91 Å². The molecular weight excluding hydrogens is 192 g/mol. The molecule has 1 fully saturated rings. The van der Waals surface area contributed by atoms with E-state index < -0.39 is 0 Å². The van der Waals surface area contributed by atoms with E-state index in [2.05, 4.69) is 24.1 Å². The Bertz CT molecular complexity index is 197. The van der Waals surface area contributed by atoms with Crippen molar-refractivity contribution in [2.24, 2.45) is 0 Å². The maximum atomic E-state index is 11.5. The summed E-state index contributed by atoms with van der Waals surface area (Å²) in [6.07, 6.45) is 2.32. The van der Waals surface area contributed by atoms with Crippen molar-refractivity contribution in [1.82, 2.24) is 10.2 Å². The first-order valence-electron chi connectivity index (χ1n) is 5.87. The fraction of sp³-hybridized carbons (Fsp3) is 0.909. The normalized spacial score (nSPS) is 22.7. The van der Waals surface area contributed by atoms with Gasteiger partial charge in [0.05, 0.1) is 19.3 Å². The van der Waals surface area contributed by atoms with Gasteiger partial charge in [-0.05, 0) is 12.8 Å². The zero-order valence-corrected chi connectivity index (χ0v) is 9.79. The van der Waals surface area contributed by atoms with Crippen LogP contribution in [-0.4, -0.2) is 49.7 Å². The summed E-state index contributed by atoms with van der Waals surface area (Å²) >= 11 is 0. The van der Waals surface area contributed by atoms with Gasteiger partial charge in [-0.3, -0.25) is 9.69 Å². The van der Waals surface area contributed by atoms with Gasteiger partial charge in [-0.25, -0.2) is 0 Å². The monoisotopic (exact) mass is 214 g/mol. The number of hydrogen-bond acceptors (Lipinski definition) is 3. The molecule has 0 spiro atoms. The lowest BCUT2D eigenvalue weighted by molar-refractivity contribution is -0.124. The molecule has 1 saturated heterocycles. The summed E-state index contributed by atoms with van der Waals surface area (Å²) in [4.78, 5) is 13.6. The number of nitrogens with zero attached hydrogens (tertiary/aromatic N) is 1. The molecule has 1 atom stereocenters.